The van der Waals surface area contributed by atoms with E-state index in [1.165, 1.54) is 34.9 Å². The monoisotopic (exact) mass is 356 g/mol. The molecule has 25 heavy (non-hydrogen) atoms. The number of furan rings is 1. The summed E-state index contributed by atoms with van der Waals surface area (Å²) in [4.78, 5) is 23.6. The topological polar surface area (TPSA) is 80.0 Å². The summed E-state index contributed by atoms with van der Waals surface area (Å²) in [5.41, 5.74) is 1.41. The maximum atomic E-state index is 11.9. The maximum Gasteiger partial charge on any atom is 0.287 e. The average Bonchev–Trinajstić information content (AvgIpc) is 3.25. The Hall–Kier alpha value is -2.41. The summed E-state index contributed by atoms with van der Waals surface area (Å²) in [5.74, 6) is 1.78. The molecule has 4 rings (SSSR count). The zero-order valence-corrected chi connectivity index (χ0v) is 14.9. The Morgan fingerprint density at radius 1 is 1.28 bits per heavy atom. The summed E-state index contributed by atoms with van der Waals surface area (Å²) < 4.78 is 5.08. The van der Waals surface area contributed by atoms with Crippen LogP contribution in [0.3, 0.4) is 0 Å². The van der Waals surface area contributed by atoms with Crippen LogP contribution in [-0.2, 0) is 12.8 Å². The van der Waals surface area contributed by atoms with Crippen molar-refractivity contribution in [2.24, 2.45) is 0 Å². The molecule has 1 amide bonds. The van der Waals surface area contributed by atoms with Gasteiger partial charge in [0.25, 0.3) is 5.91 Å². The molecule has 0 radical (unpaired) electrons. The fourth-order valence-electron chi connectivity index (χ4n) is 3.24. The highest BCUT2D eigenvalue weighted by Crippen LogP contribution is 2.38. The number of rotatable bonds is 5. The number of anilines is 1. The third kappa shape index (κ3) is 3.24. The van der Waals surface area contributed by atoms with Crippen LogP contribution in [0, 0.1) is 6.92 Å². The highest BCUT2D eigenvalue weighted by Gasteiger charge is 2.20. The number of aromatic nitrogens is 2. The van der Waals surface area contributed by atoms with Crippen LogP contribution in [0.2, 0.25) is 0 Å². The van der Waals surface area contributed by atoms with E-state index in [1.54, 1.807) is 23.5 Å². The van der Waals surface area contributed by atoms with Crippen LogP contribution in [0.4, 0.5) is 5.82 Å². The molecule has 1 aliphatic rings. The first-order valence-corrected chi connectivity index (χ1v) is 9.38. The first-order valence-electron chi connectivity index (χ1n) is 8.57. The van der Waals surface area contributed by atoms with Crippen molar-refractivity contribution in [2.75, 3.05) is 18.4 Å². The molecular weight excluding hydrogens is 336 g/mol. The lowest BCUT2D eigenvalue weighted by atomic mass is 9.97. The molecule has 130 valence electrons. The molecule has 3 aromatic heterocycles. The fourth-order valence-corrected chi connectivity index (χ4v) is 4.55. The van der Waals surface area contributed by atoms with Crippen LogP contribution < -0.4 is 10.6 Å². The van der Waals surface area contributed by atoms with Crippen molar-refractivity contribution in [1.82, 2.24) is 15.3 Å². The lowest BCUT2D eigenvalue weighted by molar-refractivity contribution is 0.0927. The molecule has 1 aliphatic carbocycles. The molecule has 0 aliphatic heterocycles. The van der Waals surface area contributed by atoms with Crippen molar-refractivity contribution in [1.29, 1.82) is 0 Å². The molecule has 0 fully saturated rings. The Bertz CT molecular complexity index is 902. The number of fused-ring (bicyclic) bond motifs is 3. The standard InChI is InChI=1S/C18H20N4O2S/c1-11-21-16(19-8-9-20-17(23)13-6-4-10-24-13)15-12-5-2-3-7-14(12)25-18(15)22-11/h4,6,10H,2-3,5,7-9H2,1H3,(H,20,23)(H,19,21,22). The van der Waals surface area contributed by atoms with Crippen molar-refractivity contribution < 1.29 is 9.21 Å². The highest BCUT2D eigenvalue weighted by molar-refractivity contribution is 7.19. The van der Waals surface area contributed by atoms with Gasteiger partial charge in [-0.1, -0.05) is 0 Å². The van der Waals surface area contributed by atoms with E-state index in [-0.39, 0.29) is 5.91 Å². The van der Waals surface area contributed by atoms with E-state index in [9.17, 15) is 4.79 Å². The van der Waals surface area contributed by atoms with Crippen LogP contribution in [0.5, 0.6) is 0 Å². The summed E-state index contributed by atoms with van der Waals surface area (Å²) in [6, 6.07) is 3.35. The zero-order valence-electron chi connectivity index (χ0n) is 14.1. The minimum atomic E-state index is -0.205. The summed E-state index contributed by atoms with van der Waals surface area (Å²) in [6.07, 6.45) is 6.23. The largest absolute Gasteiger partial charge is 0.459 e. The van der Waals surface area contributed by atoms with E-state index in [1.807, 2.05) is 6.92 Å². The average molecular weight is 356 g/mol. The van der Waals surface area contributed by atoms with E-state index in [4.69, 9.17) is 4.42 Å². The number of amides is 1. The second-order valence-electron chi connectivity index (χ2n) is 6.17. The first-order chi connectivity index (χ1) is 12.2. The van der Waals surface area contributed by atoms with E-state index < -0.39 is 0 Å². The Morgan fingerprint density at radius 3 is 3.00 bits per heavy atom. The SMILES string of the molecule is Cc1nc(NCCNC(=O)c2ccco2)c2c3c(sc2n1)CCCC3. The van der Waals surface area contributed by atoms with E-state index in [0.717, 1.165) is 29.3 Å². The predicted molar refractivity (Wildman–Crippen MR) is 98.3 cm³/mol. The van der Waals surface area contributed by atoms with Crippen molar-refractivity contribution in [3.05, 3.63) is 40.4 Å². The first kappa shape index (κ1) is 16.1. The van der Waals surface area contributed by atoms with Gasteiger partial charge in [-0.05, 0) is 50.3 Å². The number of nitrogens with one attached hydrogen (secondary N) is 2. The molecule has 0 aromatic carbocycles. The second-order valence-corrected chi connectivity index (χ2v) is 7.25. The Balaban J connectivity index is 1.47. The van der Waals surface area contributed by atoms with Crippen LogP contribution in [0.15, 0.2) is 22.8 Å². The number of thiophene rings is 1. The number of carbonyl (C=O) groups excluding carboxylic acids is 1. The van der Waals surface area contributed by atoms with Crippen LogP contribution in [0.1, 0.15) is 39.7 Å². The normalized spacial score (nSPS) is 13.6. The Kier molecular flexibility index (Phi) is 4.40. The molecule has 0 atom stereocenters. The molecule has 2 N–H and O–H groups in total. The molecule has 3 aromatic rings. The summed E-state index contributed by atoms with van der Waals surface area (Å²) in [7, 11) is 0. The van der Waals surface area contributed by atoms with Gasteiger partial charge in [0, 0.05) is 18.0 Å². The molecule has 7 heteroatoms. The molecule has 0 saturated heterocycles. The van der Waals surface area contributed by atoms with Crippen molar-refractivity contribution >= 4 is 33.3 Å². The quantitative estimate of drug-likeness (QED) is 0.686. The number of hydrogen-bond acceptors (Lipinski definition) is 6. The molecule has 3 heterocycles. The van der Waals surface area contributed by atoms with Crippen LogP contribution in [0.25, 0.3) is 10.2 Å². The zero-order chi connectivity index (χ0) is 17.2. The molecular formula is C18H20N4O2S. The molecule has 0 spiro atoms. The van der Waals surface area contributed by atoms with Gasteiger partial charge >= 0.3 is 0 Å². The smallest absolute Gasteiger partial charge is 0.287 e. The molecule has 0 saturated carbocycles. The fraction of sp³-hybridized carbons (Fsp3) is 0.389. The molecule has 6 nitrogen and oxygen atoms in total. The number of nitrogens with zero attached hydrogens (tertiary/aromatic N) is 2. The predicted octanol–water partition coefficient (Wildman–Crippen LogP) is 3.31. The van der Waals surface area contributed by atoms with Gasteiger partial charge in [-0.2, -0.15) is 0 Å². The van der Waals surface area contributed by atoms with Gasteiger partial charge in [0.1, 0.15) is 16.5 Å². The van der Waals surface area contributed by atoms with Gasteiger partial charge in [-0.25, -0.2) is 9.97 Å². The molecule has 0 unspecified atom stereocenters. The van der Waals surface area contributed by atoms with Crippen molar-refractivity contribution in [3.63, 3.8) is 0 Å². The van der Waals surface area contributed by atoms with E-state index in [2.05, 4.69) is 20.6 Å². The van der Waals surface area contributed by atoms with E-state index >= 15 is 0 Å². The summed E-state index contributed by atoms with van der Waals surface area (Å²) >= 11 is 1.80. The summed E-state index contributed by atoms with van der Waals surface area (Å²) in [6.45, 7) is 3.01. The van der Waals surface area contributed by atoms with E-state index in [0.29, 0.717) is 18.8 Å². The maximum absolute atomic E-state index is 11.9. The van der Waals surface area contributed by atoms with Gasteiger partial charge in [-0.3, -0.25) is 4.79 Å². The van der Waals surface area contributed by atoms with Gasteiger partial charge < -0.3 is 15.1 Å². The number of hydrogen-bond donors (Lipinski definition) is 2. The lowest BCUT2D eigenvalue weighted by Crippen LogP contribution is -2.28. The van der Waals surface area contributed by atoms with Crippen molar-refractivity contribution in [3.8, 4) is 0 Å². The van der Waals surface area contributed by atoms with Gasteiger partial charge in [0.05, 0.1) is 11.6 Å². The van der Waals surface area contributed by atoms with Crippen molar-refractivity contribution in [2.45, 2.75) is 32.6 Å². The third-order valence-corrected chi connectivity index (χ3v) is 5.56. The highest BCUT2D eigenvalue weighted by atomic mass is 32.1. The third-order valence-electron chi connectivity index (χ3n) is 4.37. The van der Waals surface area contributed by atoms with Gasteiger partial charge in [0.15, 0.2) is 5.76 Å². The minimum absolute atomic E-state index is 0.205. The number of aryl methyl sites for hydroxylation is 3. The van der Waals surface area contributed by atoms with Gasteiger partial charge in [0.2, 0.25) is 0 Å². The summed E-state index contributed by atoms with van der Waals surface area (Å²) in [5, 5.41) is 7.38. The number of carbonyl (C=O) groups is 1. The lowest BCUT2D eigenvalue weighted by Gasteiger charge is -2.13. The Labute approximate surface area is 149 Å². The van der Waals surface area contributed by atoms with Gasteiger partial charge in [-0.15, -0.1) is 11.3 Å². The molecule has 0 bridgehead atoms. The second kappa shape index (κ2) is 6.84. The Morgan fingerprint density at radius 2 is 2.16 bits per heavy atom. The van der Waals surface area contributed by atoms with Crippen LogP contribution in [-0.4, -0.2) is 29.0 Å². The van der Waals surface area contributed by atoms with Crippen LogP contribution >= 0.6 is 11.3 Å². The minimum Gasteiger partial charge on any atom is -0.459 e.